The van der Waals surface area contributed by atoms with Crippen molar-refractivity contribution in [3.05, 3.63) is 52.9 Å². The lowest BCUT2D eigenvalue weighted by molar-refractivity contribution is -0.116. The Hall–Kier alpha value is -3.39. The van der Waals surface area contributed by atoms with E-state index in [4.69, 9.17) is 9.47 Å². The minimum Gasteiger partial charge on any atom is -0.493 e. The Kier molecular flexibility index (Phi) is 5.18. The van der Waals surface area contributed by atoms with E-state index < -0.39 is 0 Å². The number of hydrogen-bond acceptors (Lipinski definition) is 6. The van der Waals surface area contributed by atoms with Crippen LogP contribution < -0.4 is 20.1 Å². The molecule has 1 aliphatic rings. The van der Waals surface area contributed by atoms with Gasteiger partial charge >= 0.3 is 0 Å². The number of hydrogen-bond donors (Lipinski definition) is 2. The van der Waals surface area contributed by atoms with Gasteiger partial charge in [-0.25, -0.2) is 4.98 Å². The number of amides is 2. The molecule has 0 radical (unpaired) electrons. The van der Waals surface area contributed by atoms with Crippen molar-refractivity contribution in [3.8, 4) is 22.8 Å². The van der Waals surface area contributed by atoms with Gasteiger partial charge in [0.2, 0.25) is 5.91 Å². The summed E-state index contributed by atoms with van der Waals surface area (Å²) < 4.78 is 10.4. The van der Waals surface area contributed by atoms with Crippen LogP contribution >= 0.6 is 11.3 Å². The van der Waals surface area contributed by atoms with Crippen LogP contribution in [0.2, 0.25) is 0 Å². The van der Waals surface area contributed by atoms with Crippen LogP contribution in [0.1, 0.15) is 22.3 Å². The predicted molar refractivity (Wildman–Crippen MR) is 112 cm³/mol. The number of thiazole rings is 1. The molecule has 2 amide bonds. The minimum absolute atomic E-state index is 0.0408. The lowest BCUT2D eigenvalue weighted by Gasteiger charge is -2.17. The zero-order valence-electron chi connectivity index (χ0n) is 15.9. The zero-order valence-corrected chi connectivity index (χ0v) is 16.8. The number of anilines is 2. The molecule has 8 heteroatoms. The fraction of sp³-hybridized carbons (Fsp3) is 0.190. The van der Waals surface area contributed by atoms with Crippen LogP contribution in [0.3, 0.4) is 0 Å². The molecule has 1 aromatic heterocycles. The number of rotatable bonds is 5. The molecule has 29 heavy (non-hydrogen) atoms. The lowest BCUT2D eigenvalue weighted by atomic mass is 9.99. The number of ether oxygens (including phenoxy) is 2. The number of nitrogens with one attached hydrogen (secondary N) is 2. The van der Waals surface area contributed by atoms with Crippen molar-refractivity contribution in [2.24, 2.45) is 0 Å². The topological polar surface area (TPSA) is 89.5 Å². The maximum Gasteiger partial charge on any atom is 0.257 e. The number of fused-ring (bicyclic) bond motifs is 1. The second-order valence-corrected chi connectivity index (χ2v) is 7.34. The number of carbonyl (C=O) groups excluding carboxylic acids is 2. The summed E-state index contributed by atoms with van der Waals surface area (Å²) in [5.41, 5.74) is 4.11. The van der Waals surface area contributed by atoms with E-state index in [2.05, 4.69) is 15.6 Å². The van der Waals surface area contributed by atoms with E-state index in [1.54, 1.807) is 25.3 Å². The summed E-state index contributed by atoms with van der Waals surface area (Å²) in [6.45, 7) is 0. The van der Waals surface area contributed by atoms with Gasteiger partial charge in [-0.15, -0.1) is 11.3 Å². The monoisotopic (exact) mass is 409 g/mol. The summed E-state index contributed by atoms with van der Waals surface area (Å²) in [4.78, 5) is 28.6. The van der Waals surface area contributed by atoms with Crippen LogP contribution in [0.5, 0.6) is 11.5 Å². The molecule has 3 aromatic rings. The third kappa shape index (κ3) is 3.93. The van der Waals surface area contributed by atoms with Gasteiger partial charge in [-0.3, -0.25) is 14.9 Å². The Morgan fingerprint density at radius 3 is 2.72 bits per heavy atom. The van der Waals surface area contributed by atoms with E-state index in [9.17, 15) is 9.59 Å². The number of aromatic nitrogens is 1. The zero-order chi connectivity index (χ0) is 20.4. The molecule has 0 aliphatic carbocycles. The van der Waals surface area contributed by atoms with Crippen molar-refractivity contribution in [1.82, 2.24) is 4.98 Å². The average molecular weight is 409 g/mol. The Labute approximate surface area is 171 Å². The third-order valence-electron chi connectivity index (χ3n) is 4.67. The third-order valence-corrected chi connectivity index (χ3v) is 5.42. The van der Waals surface area contributed by atoms with Gasteiger partial charge in [-0.1, -0.05) is 6.07 Å². The van der Waals surface area contributed by atoms with Crippen LogP contribution in [0.4, 0.5) is 10.8 Å². The molecule has 0 saturated heterocycles. The molecule has 2 N–H and O–H groups in total. The minimum atomic E-state index is -0.278. The molecule has 2 aromatic carbocycles. The molecule has 0 spiro atoms. The van der Waals surface area contributed by atoms with E-state index in [-0.39, 0.29) is 11.8 Å². The first kappa shape index (κ1) is 18.9. The van der Waals surface area contributed by atoms with E-state index in [0.717, 1.165) is 22.5 Å². The maximum atomic E-state index is 12.6. The van der Waals surface area contributed by atoms with Crippen molar-refractivity contribution in [2.45, 2.75) is 12.8 Å². The van der Waals surface area contributed by atoms with Crippen LogP contribution in [0, 0.1) is 0 Å². The molecule has 0 fully saturated rings. The fourth-order valence-corrected chi connectivity index (χ4v) is 3.87. The number of methoxy groups -OCH3 is 2. The predicted octanol–water partition coefficient (Wildman–Crippen LogP) is 3.96. The Balaban J connectivity index is 1.51. The normalized spacial score (nSPS) is 12.7. The molecule has 0 unspecified atom stereocenters. The Bertz CT molecular complexity index is 1090. The summed E-state index contributed by atoms with van der Waals surface area (Å²) in [7, 11) is 3.07. The van der Waals surface area contributed by atoms with Gasteiger partial charge in [0.25, 0.3) is 5.91 Å². The van der Waals surface area contributed by atoms with Crippen molar-refractivity contribution < 1.29 is 19.1 Å². The smallest absolute Gasteiger partial charge is 0.257 e. The van der Waals surface area contributed by atoms with Crippen molar-refractivity contribution in [1.29, 1.82) is 0 Å². The second-order valence-electron chi connectivity index (χ2n) is 6.48. The summed E-state index contributed by atoms with van der Waals surface area (Å²) >= 11 is 1.35. The van der Waals surface area contributed by atoms with E-state index in [1.807, 2.05) is 23.6 Å². The molecule has 0 saturated carbocycles. The van der Waals surface area contributed by atoms with Gasteiger partial charge in [0.05, 0.1) is 19.9 Å². The number of benzene rings is 2. The molecule has 148 valence electrons. The molecule has 2 heterocycles. The van der Waals surface area contributed by atoms with Gasteiger partial charge in [0.1, 0.15) is 0 Å². The number of nitrogens with zero attached hydrogens (tertiary/aromatic N) is 1. The van der Waals surface area contributed by atoms with Gasteiger partial charge in [-0.05, 0) is 42.3 Å². The lowest BCUT2D eigenvalue weighted by Crippen LogP contribution is -2.18. The van der Waals surface area contributed by atoms with Gasteiger partial charge in [-0.2, -0.15) is 0 Å². The Morgan fingerprint density at radius 2 is 1.93 bits per heavy atom. The van der Waals surface area contributed by atoms with Crippen molar-refractivity contribution in [2.75, 3.05) is 24.9 Å². The maximum absolute atomic E-state index is 12.6. The van der Waals surface area contributed by atoms with Crippen LogP contribution in [-0.2, 0) is 11.2 Å². The van der Waals surface area contributed by atoms with Crippen LogP contribution in [-0.4, -0.2) is 31.0 Å². The number of carbonyl (C=O) groups is 2. The van der Waals surface area contributed by atoms with Crippen molar-refractivity contribution in [3.63, 3.8) is 0 Å². The standard InChI is InChI=1S/C21H19N3O4S/c1-27-17-7-4-14(10-18(17)28-2)20(26)24-21-23-16(11-29-21)13-3-6-15-12(9-13)5-8-19(25)22-15/h3-4,6-7,9-11H,5,8H2,1-2H3,(H,22,25)(H,23,24,26). The summed E-state index contributed by atoms with van der Waals surface area (Å²) in [5.74, 6) is 0.810. The van der Waals surface area contributed by atoms with Crippen molar-refractivity contribution >= 4 is 34.0 Å². The molecule has 7 nitrogen and oxygen atoms in total. The highest BCUT2D eigenvalue weighted by atomic mass is 32.1. The first-order valence-electron chi connectivity index (χ1n) is 8.99. The van der Waals surface area contributed by atoms with Gasteiger partial charge < -0.3 is 14.8 Å². The molecular formula is C21H19N3O4S. The summed E-state index contributed by atoms with van der Waals surface area (Å²) in [5, 5.41) is 8.09. The SMILES string of the molecule is COc1ccc(C(=O)Nc2nc(-c3ccc4c(c3)CCC(=O)N4)cs2)cc1OC. The molecule has 4 rings (SSSR count). The van der Waals surface area contributed by atoms with Gasteiger partial charge in [0, 0.05) is 28.6 Å². The first-order valence-corrected chi connectivity index (χ1v) is 9.87. The Morgan fingerprint density at radius 1 is 1.10 bits per heavy atom. The van der Waals surface area contributed by atoms with Crippen LogP contribution in [0.25, 0.3) is 11.3 Å². The second kappa shape index (κ2) is 7.92. The highest BCUT2D eigenvalue weighted by Crippen LogP contribution is 2.31. The molecule has 0 atom stereocenters. The fourth-order valence-electron chi connectivity index (χ4n) is 3.15. The first-order chi connectivity index (χ1) is 14.1. The van der Waals surface area contributed by atoms with Gasteiger partial charge in [0.15, 0.2) is 16.6 Å². The van der Waals surface area contributed by atoms with Crippen LogP contribution in [0.15, 0.2) is 41.8 Å². The quantitative estimate of drug-likeness (QED) is 0.666. The summed E-state index contributed by atoms with van der Waals surface area (Å²) in [6.07, 6.45) is 1.20. The highest BCUT2D eigenvalue weighted by molar-refractivity contribution is 7.14. The molecular weight excluding hydrogens is 390 g/mol. The number of aryl methyl sites for hydroxylation is 1. The largest absolute Gasteiger partial charge is 0.493 e. The summed E-state index contributed by atoms with van der Waals surface area (Å²) in [6, 6.07) is 10.8. The highest BCUT2D eigenvalue weighted by Gasteiger charge is 2.17. The molecule has 0 bridgehead atoms. The van der Waals surface area contributed by atoms with E-state index in [0.29, 0.717) is 35.0 Å². The molecule has 1 aliphatic heterocycles. The van der Waals surface area contributed by atoms with E-state index in [1.165, 1.54) is 18.4 Å². The van der Waals surface area contributed by atoms with E-state index >= 15 is 0 Å². The average Bonchev–Trinajstić information content (AvgIpc) is 3.21.